The Labute approximate surface area is 195 Å². The fourth-order valence-electron chi connectivity index (χ4n) is 4.35. The quantitative estimate of drug-likeness (QED) is 0.459. The number of hydrogen-bond donors (Lipinski definition) is 0. The highest BCUT2D eigenvalue weighted by Crippen LogP contribution is 2.38. The number of ketones is 1. The first-order chi connectivity index (χ1) is 16.1. The van der Waals surface area contributed by atoms with Crippen LogP contribution in [0.2, 0.25) is 0 Å². The molecule has 0 saturated heterocycles. The van der Waals surface area contributed by atoms with E-state index in [0.717, 1.165) is 36.3 Å². The maximum atomic E-state index is 12.7. The third-order valence-electron chi connectivity index (χ3n) is 6.21. The van der Waals surface area contributed by atoms with E-state index >= 15 is 0 Å². The molecule has 0 aliphatic carbocycles. The van der Waals surface area contributed by atoms with Crippen LogP contribution in [-0.4, -0.2) is 39.6 Å². The van der Waals surface area contributed by atoms with Gasteiger partial charge in [0, 0.05) is 25.1 Å². The lowest BCUT2D eigenvalue weighted by molar-refractivity contribution is 0.0966. The fourth-order valence-corrected chi connectivity index (χ4v) is 4.35. The van der Waals surface area contributed by atoms with E-state index in [1.807, 2.05) is 48.5 Å². The zero-order valence-corrected chi connectivity index (χ0v) is 19.6. The molecular formula is C26H31N5O2. The van der Waals surface area contributed by atoms with Crippen LogP contribution in [0.1, 0.15) is 55.7 Å². The Morgan fingerprint density at radius 1 is 1.12 bits per heavy atom. The molecule has 33 heavy (non-hydrogen) atoms. The molecule has 1 atom stereocenters. The molecule has 4 rings (SSSR count). The van der Waals surface area contributed by atoms with E-state index in [4.69, 9.17) is 4.74 Å². The number of hydrogen-bond acceptors (Lipinski definition) is 6. The molecule has 0 spiro atoms. The zero-order chi connectivity index (χ0) is 23.2. The van der Waals surface area contributed by atoms with Crippen molar-refractivity contribution >= 4 is 11.5 Å². The van der Waals surface area contributed by atoms with Crippen LogP contribution < -0.4 is 9.64 Å². The second kappa shape index (κ2) is 10.4. The zero-order valence-electron chi connectivity index (χ0n) is 19.6. The first kappa shape index (κ1) is 22.7. The Morgan fingerprint density at radius 2 is 1.88 bits per heavy atom. The summed E-state index contributed by atoms with van der Waals surface area (Å²) >= 11 is 0. The minimum absolute atomic E-state index is 0.0711. The van der Waals surface area contributed by atoms with E-state index in [-0.39, 0.29) is 17.5 Å². The summed E-state index contributed by atoms with van der Waals surface area (Å²) < 4.78 is 6.16. The van der Waals surface area contributed by atoms with Crippen LogP contribution >= 0.6 is 0 Å². The van der Waals surface area contributed by atoms with Crippen molar-refractivity contribution in [3.05, 3.63) is 77.3 Å². The lowest BCUT2D eigenvalue weighted by atomic mass is 9.93. The van der Waals surface area contributed by atoms with Gasteiger partial charge in [0.25, 0.3) is 0 Å². The summed E-state index contributed by atoms with van der Waals surface area (Å²) in [6, 6.07) is 18.0. The van der Waals surface area contributed by atoms with Crippen LogP contribution in [0.25, 0.3) is 0 Å². The number of carbonyl (C=O) groups is 1. The summed E-state index contributed by atoms with van der Waals surface area (Å²) in [5.74, 6) is 1.24. The number of ether oxygens (including phenoxy) is 1. The van der Waals surface area contributed by atoms with Gasteiger partial charge in [-0.1, -0.05) is 55.0 Å². The molecule has 0 N–H and O–H groups in total. The van der Waals surface area contributed by atoms with Crippen LogP contribution in [0.3, 0.4) is 0 Å². The Hall–Kier alpha value is -3.48. The van der Waals surface area contributed by atoms with E-state index in [1.54, 1.807) is 0 Å². The Kier molecular flexibility index (Phi) is 7.17. The highest BCUT2D eigenvalue weighted by atomic mass is 16.5. The first-order valence-corrected chi connectivity index (χ1v) is 11.6. The predicted octanol–water partition coefficient (Wildman–Crippen LogP) is 4.90. The summed E-state index contributed by atoms with van der Waals surface area (Å²) in [5, 5.41) is 12.3. The first-order valence-electron chi connectivity index (χ1n) is 11.6. The van der Waals surface area contributed by atoms with E-state index in [0.29, 0.717) is 19.6 Å². The maximum Gasteiger partial charge on any atom is 0.240 e. The molecule has 0 unspecified atom stereocenters. The number of para-hydroxylation sites is 2. The van der Waals surface area contributed by atoms with Crippen LogP contribution in [0.15, 0.2) is 65.9 Å². The van der Waals surface area contributed by atoms with Gasteiger partial charge in [0.15, 0.2) is 0 Å². The van der Waals surface area contributed by atoms with Crippen molar-refractivity contribution in [1.82, 2.24) is 20.2 Å². The monoisotopic (exact) mass is 445 g/mol. The molecule has 1 aliphatic rings. The average molecular weight is 446 g/mol. The number of anilines is 1. The highest BCUT2D eigenvalue weighted by Gasteiger charge is 2.27. The molecule has 1 aromatic heterocycles. The lowest BCUT2D eigenvalue weighted by Crippen LogP contribution is -2.25. The number of fused-ring (bicyclic) bond motifs is 1. The van der Waals surface area contributed by atoms with Crippen molar-refractivity contribution in [3.8, 4) is 5.75 Å². The molecule has 0 saturated carbocycles. The molecule has 0 bridgehead atoms. The molecule has 3 aromatic rings. The Morgan fingerprint density at radius 3 is 2.67 bits per heavy atom. The van der Waals surface area contributed by atoms with Gasteiger partial charge in [0.05, 0.1) is 18.8 Å². The molecule has 0 radical (unpaired) electrons. The SMILES string of the molecule is CC/C(C)=C1/[C@@H](CCCC(=O)c2nnn(Cc3ccccc3)n2)COc2ccccc2N1C. The van der Waals surface area contributed by atoms with Gasteiger partial charge < -0.3 is 9.64 Å². The molecule has 7 nitrogen and oxygen atoms in total. The van der Waals surface area contributed by atoms with Gasteiger partial charge in [-0.25, -0.2) is 0 Å². The van der Waals surface area contributed by atoms with Crippen molar-refractivity contribution in [2.75, 3.05) is 18.6 Å². The lowest BCUT2D eigenvalue weighted by Gasteiger charge is -2.28. The predicted molar refractivity (Wildman–Crippen MR) is 128 cm³/mol. The summed E-state index contributed by atoms with van der Waals surface area (Å²) in [6.45, 7) is 5.47. The molecule has 2 aromatic carbocycles. The summed E-state index contributed by atoms with van der Waals surface area (Å²) in [7, 11) is 2.11. The van der Waals surface area contributed by atoms with Gasteiger partial charge in [-0.15, -0.1) is 10.2 Å². The molecule has 7 heteroatoms. The number of allylic oxidation sites excluding steroid dienone is 1. The number of Topliss-reactive ketones (excluding diaryl/α,β-unsaturated/α-hetero) is 1. The number of benzene rings is 2. The van der Waals surface area contributed by atoms with Gasteiger partial charge in [-0.05, 0) is 49.1 Å². The summed E-state index contributed by atoms with van der Waals surface area (Å²) in [6.07, 6.45) is 2.97. The van der Waals surface area contributed by atoms with Crippen molar-refractivity contribution in [2.24, 2.45) is 5.92 Å². The minimum atomic E-state index is -0.0711. The number of nitrogens with zero attached hydrogens (tertiary/aromatic N) is 5. The second-order valence-electron chi connectivity index (χ2n) is 8.50. The molecule has 0 fully saturated rings. The van der Waals surface area contributed by atoms with Crippen LogP contribution in [0.4, 0.5) is 5.69 Å². The largest absolute Gasteiger partial charge is 0.491 e. The maximum absolute atomic E-state index is 12.7. The Balaban J connectivity index is 1.39. The van der Waals surface area contributed by atoms with Crippen LogP contribution in [0.5, 0.6) is 5.75 Å². The normalized spacial score (nSPS) is 17.2. The molecule has 172 valence electrons. The second-order valence-corrected chi connectivity index (χ2v) is 8.50. The van der Waals surface area contributed by atoms with Gasteiger partial charge in [-0.2, -0.15) is 4.80 Å². The number of aromatic nitrogens is 4. The number of tetrazole rings is 1. The third kappa shape index (κ3) is 5.30. The van der Waals surface area contributed by atoms with Gasteiger partial charge in [-0.3, -0.25) is 4.79 Å². The van der Waals surface area contributed by atoms with Gasteiger partial charge in [0.1, 0.15) is 5.75 Å². The smallest absolute Gasteiger partial charge is 0.240 e. The van der Waals surface area contributed by atoms with Gasteiger partial charge >= 0.3 is 0 Å². The van der Waals surface area contributed by atoms with E-state index < -0.39 is 0 Å². The Bertz CT molecular complexity index is 1120. The van der Waals surface area contributed by atoms with Crippen molar-refractivity contribution < 1.29 is 9.53 Å². The van der Waals surface area contributed by atoms with Crippen LogP contribution in [-0.2, 0) is 6.54 Å². The van der Waals surface area contributed by atoms with Crippen molar-refractivity contribution in [3.63, 3.8) is 0 Å². The third-order valence-corrected chi connectivity index (χ3v) is 6.21. The summed E-state index contributed by atoms with van der Waals surface area (Å²) in [5.41, 5.74) is 4.79. The molecule has 0 amide bonds. The van der Waals surface area contributed by atoms with Gasteiger partial charge in [0.2, 0.25) is 11.6 Å². The van der Waals surface area contributed by atoms with E-state index in [2.05, 4.69) is 47.3 Å². The number of rotatable bonds is 8. The molecular weight excluding hydrogens is 414 g/mol. The molecule has 1 aliphatic heterocycles. The minimum Gasteiger partial charge on any atom is -0.491 e. The van der Waals surface area contributed by atoms with Crippen LogP contribution in [0, 0.1) is 5.92 Å². The summed E-state index contributed by atoms with van der Waals surface area (Å²) in [4.78, 5) is 16.4. The average Bonchev–Trinajstić information content (AvgIpc) is 3.25. The standard InChI is InChI=1S/C26H31N5O2/c1-4-19(2)25-21(18-33-24-16-9-8-14-22(24)30(25)3)13-10-15-23(32)26-27-29-31(28-26)17-20-11-6-5-7-12-20/h5-9,11-12,14,16,21H,4,10,13,15,17-18H2,1-3H3/b25-19-/t21-/m0/s1. The van der Waals surface area contributed by atoms with E-state index in [1.165, 1.54) is 16.1 Å². The van der Waals surface area contributed by atoms with E-state index in [9.17, 15) is 4.79 Å². The fraction of sp³-hybridized carbons (Fsp3) is 0.385. The highest BCUT2D eigenvalue weighted by molar-refractivity contribution is 5.92. The topological polar surface area (TPSA) is 73.1 Å². The van der Waals surface area contributed by atoms with Crippen molar-refractivity contribution in [2.45, 2.75) is 46.1 Å². The molecule has 2 heterocycles. The van der Waals surface area contributed by atoms with Crippen molar-refractivity contribution in [1.29, 1.82) is 0 Å². The number of carbonyl (C=O) groups excluding carboxylic acids is 1.